The van der Waals surface area contributed by atoms with Crippen molar-refractivity contribution in [2.24, 2.45) is 5.92 Å². The van der Waals surface area contributed by atoms with E-state index in [1.54, 1.807) is 0 Å². The van der Waals surface area contributed by atoms with Crippen molar-refractivity contribution in [3.05, 3.63) is 47.5 Å². The molecule has 0 saturated carbocycles. The number of benzene rings is 1. The Balaban J connectivity index is 3.17. The maximum atomic E-state index is 4.53. The van der Waals surface area contributed by atoms with E-state index < -0.39 is 0 Å². The van der Waals surface area contributed by atoms with Gasteiger partial charge in [-0.25, -0.2) is 0 Å². The smallest absolute Gasteiger partial charge is 0.0372 e. The number of rotatable bonds is 11. The van der Waals surface area contributed by atoms with Crippen molar-refractivity contribution in [1.82, 2.24) is 4.90 Å². The summed E-state index contributed by atoms with van der Waals surface area (Å²) in [5.41, 5.74) is 5.11. The first-order chi connectivity index (χ1) is 12.0. The molecule has 0 amide bonds. The average molecular weight is 342 g/mol. The van der Waals surface area contributed by atoms with E-state index in [2.05, 4.69) is 83.4 Å². The van der Waals surface area contributed by atoms with Crippen molar-refractivity contribution in [1.29, 1.82) is 0 Å². The van der Waals surface area contributed by atoms with Gasteiger partial charge < -0.3 is 4.90 Å². The summed E-state index contributed by atoms with van der Waals surface area (Å²) >= 11 is 0. The highest BCUT2D eigenvalue weighted by molar-refractivity contribution is 5.70. The molecule has 1 atom stereocenters. The molecule has 1 rings (SSSR count). The summed E-state index contributed by atoms with van der Waals surface area (Å²) in [6.45, 7) is 19.2. The van der Waals surface area contributed by atoms with Crippen LogP contribution in [0.3, 0.4) is 0 Å². The SMILES string of the molecule is C=C(c1cccc(/C=C\C)c1C)N(CCC)C(C)C(CCC)CCC. The van der Waals surface area contributed by atoms with E-state index in [9.17, 15) is 0 Å². The van der Waals surface area contributed by atoms with Gasteiger partial charge in [0.25, 0.3) is 0 Å². The molecule has 0 radical (unpaired) electrons. The van der Waals surface area contributed by atoms with Crippen molar-refractivity contribution in [2.75, 3.05) is 6.54 Å². The van der Waals surface area contributed by atoms with Gasteiger partial charge in [0.2, 0.25) is 0 Å². The molecule has 0 saturated heterocycles. The van der Waals surface area contributed by atoms with Crippen LogP contribution in [0.2, 0.25) is 0 Å². The zero-order chi connectivity index (χ0) is 18.8. The van der Waals surface area contributed by atoms with Gasteiger partial charge >= 0.3 is 0 Å². The molecule has 0 aliphatic heterocycles. The summed E-state index contributed by atoms with van der Waals surface area (Å²) in [6, 6.07) is 7.12. The molecule has 1 aromatic rings. The Morgan fingerprint density at radius 1 is 1.12 bits per heavy atom. The zero-order valence-electron chi connectivity index (χ0n) is 17.4. The van der Waals surface area contributed by atoms with Crippen molar-refractivity contribution in [3.8, 4) is 0 Å². The molecular formula is C24H39N. The minimum Gasteiger partial charge on any atom is -0.369 e. The molecule has 0 aliphatic carbocycles. The largest absolute Gasteiger partial charge is 0.369 e. The van der Waals surface area contributed by atoms with Crippen LogP contribution in [0.4, 0.5) is 0 Å². The molecule has 0 spiro atoms. The standard InChI is InChI=1S/C24H39N/c1-8-13-22-16-12-17-24(19(22)5)21(7)25(18-11-4)20(6)23(14-9-2)15-10-3/h8,12-13,16-17,20,23H,7,9-11,14-15,18H2,1-6H3/b13-8-. The summed E-state index contributed by atoms with van der Waals surface area (Å²) in [6.07, 6.45) is 10.6. The van der Waals surface area contributed by atoms with E-state index >= 15 is 0 Å². The van der Waals surface area contributed by atoms with Crippen LogP contribution in [0.1, 0.15) is 83.4 Å². The molecule has 1 nitrogen and oxygen atoms in total. The van der Waals surface area contributed by atoms with Crippen LogP contribution in [0.5, 0.6) is 0 Å². The van der Waals surface area contributed by atoms with Crippen LogP contribution in [0, 0.1) is 12.8 Å². The quantitative estimate of drug-likeness (QED) is 0.407. The third kappa shape index (κ3) is 5.76. The topological polar surface area (TPSA) is 3.24 Å². The molecular weight excluding hydrogens is 302 g/mol. The Kier molecular flexibility index (Phi) is 9.63. The third-order valence-electron chi connectivity index (χ3n) is 5.34. The summed E-state index contributed by atoms with van der Waals surface area (Å²) in [5, 5.41) is 0. The van der Waals surface area contributed by atoms with Gasteiger partial charge in [-0.1, -0.05) is 70.5 Å². The van der Waals surface area contributed by atoms with Crippen LogP contribution in [-0.4, -0.2) is 17.5 Å². The van der Waals surface area contributed by atoms with E-state index in [4.69, 9.17) is 0 Å². The van der Waals surface area contributed by atoms with E-state index in [1.165, 1.54) is 48.1 Å². The van der Waals surface area contributed by atoms with Crippen LogP contribution in [0.25, 0.3) is 11.8 Å². The fraction of sp³-hybridized carbons (Fsp3) is 0.583. The van der Waals surface area contributed by atoms with Gasteiger partial charge in [0.05, 0.1) is 0 Å². The van der Waals surface area contributed by atoms with Gasteiger partial charge in [0.1, 0.15) is 0 Å². The highest BCUT2D eigenvalue weighted by Crippen LogP contribution is 2.30. The molecule has 1 unspecified atom stereocenters. The molecule has 1 aromatic carbocycles. The minimum absolute atomic E-state index is 0.539. The molecule has 0 bridgehead atoms. The molecule has 25 heavy (non-hydrogen) atoms. The van der Waals surface area contributed by atoms with Gasteiger partial charge in [-0.3, -0.25) is 0 Å². The first-order valence-electron chi connectivity index (χ1n) is 10.2. The first kappa shape index (κ1) is 21.5. The van der Waals surface area contributed by atoms with Crippen LogP contribution in [0.15, 0.2) is 30.9 Å². The van der Waals surface area contributed by atoms with E-state index in [0.29, 0.717) is 6.04 Å². The lowest BCUT2D eigenvalue weighted by atomic mass is 9.89. The maximum absolute atomic E-state index is 4.53. The summed E-state index contributed by atoms with van der Waals surface area (Å²) in [4.78, 5) is 2.57. The number of hydrogen-bond donors (Lipinski definition) is 0. The number of hydrogen-bond acceptors (Lipinski definition) is 1. The van der Waals surface area contributed by atoms with E-state index in [0.717, 1.165) is 18.9 Å². The predicted octanol–water partition coefficient (Wildman–Crippen LogP) is 7.32. The second-order valence-electron chi connectivity index (χ2n) is 7.24. The molecule has 0 aromatic heterocycles. The lowest BCUT2D eigenvalue weighted by Gasteiger charge is -2.38. The third-order valence-corrected chi connectivity index (χ3v) is 5.34. The molecule has 1 heteroatoms. The van der Waals surface area contributed by atoms with Gasteiger partial charge in [-0.2, -0.15) is 0 Å². The monoisotopic (exact) mass is 341 g/mol. The molecule has 0 N–H and O–H groups in total. The van der Waals surface area contributed by atoms with Gasteiger partial charge in [-0.15, -0.1) is 0 Å². The lowest BCUT2D eigenvalue weighted by molar-refractivity contribution is 0.208. The zero-order valence-corrected chi connectivity index (χ0v) is 17.4. The average Bonchev–Trinajstić information content (AvgIpc) is 2.60. The number of nitrogens with zero attached hydrogens (tertiary/aromatic N) is 1. The van der Waals surface area contributed by atoms with Crippen molar-refractivity contribution in [2.45, 2.75) is 79.7 Å². The Hall–Kier alpha value is -1.50. The summed E-state index contributed by atoms with van der Waals surface area (Å²) in [7, 11) is 0. The second kappa shape index (κ2) is 11.2. The lowest BCUT2D eigenvalue weighted by Crippen LogP contribution is -2.38. The van der Waals surface area contributed by atoms with Crippen molar-refractivity contribution in [3.63, 3.8) is 0 Å². The van der Waals surface area contributed by atoms with E-state index in [1.807, 2.05) is 0 Å². The van der Waals surface area contributed by atoms with Crippen LogP contribution in [-0.2, 0) is 0 Å². The van der Waals surface area contributed by atoms with E-state index in [-0.39, 0.29) is 0 Å². The Labute approximate surface area is 156 Å². The molecule has 0 fully saturated rings. The number of allylic oxidation sites excluding steroid dienone is 1. The Morgan fingerprint density at radius 3 is 2.28 bits per heavy atom. The maximum Gasteiger partial charge on any atom is 0.0372 e. The highest BCUT2D eigenvalue weighted by atomic mass is 15.2. The van der Waals surface area contributed by atoms with Gasteiger partial charge in [-0.05, 0) is 57.1 Å². The minimum atomic E-state index is 0.539. The fourth-order valence-electron chi connectivity index (χ4n) is 3.93. The Bertz CT molecular complexity index is 549. The van der Waals surface area contributed by atoms with Crippen molar-refractivity contribution >= 4 is 11.8 Å². The normalized spacial score (nSPS) is 12.8. The fourth-order valence-corrected chi connectivity index (χ4v) is 3.93. The molecule has 0 heterocycles. The summed E-state index contributed by atoms with van der Waals surface area (Å²) < 4.78 is 0. The predicted molar refractivity (Wildman–Crippen MR) is 115 cm³/mol. The Morgan fingerprint density at radius 2 is 1.76 bits per heavy atom. The van der Waals surface area contributed by atoms with Crippen LogP contribution < -0.4 is 0 Å². The van der Waals surface area contributed by atoms with Gasteiger partial charge in [0.15, 0.2) is 0 Å². The second-order valence-corrected chi connectivity index (χ2v) is 7.24. The first-order valence-corrected chi connectivity index (χ1v) is 10.2. The summed E-state index contributed by atoms with van der Waals surface area (Å²) in [5.74, 6) is 0.748. The molecule has 0 aliphatic rings. The molecule has 140 valence electrons. The van der Waals surface area contributed by atoms with Crippen LogP contribution >= 0.6 is 0 Å². The highest BCUT2D eigenvalue weighted by Gasteiger charge is 2.24. The van der Waals surface area contributed by atoms with Crippen molar-refractivity contribution < 1.29 is 0 Å². The van der Waals surface area contributed by atoms with Gasteiger partial charge in [0, 0.05) is 23.8 Å².